The van der Waals surface area contributed by atoms with E-state index in [4.69, 9.17) is 18.9 Å². The first kappa shape index (κ1) is 17.2. The first-order chi connectivity index (χ1) is 12.2. The molecule has 0 N–H and O–H groups in total. The molecule has 0 radical (unpaired) electrons. The minimum atomic E-state index is 0.635. The third-order valence-electron chi connectivity index (χ3n) is 3.67. The number of fused-ring (bicyclic) bond motifs is 1. The largest absolute Gasteiger partial charge is 0.493 e. The van der Waals surface area contributed by atoms with Crippen molar-refractivity contribution in [2.75, 3.05) is 28.4 Å². The predicted octanol–water partition coefficient (Wildman–Crippen LogP) is 3.82. The molecule has 1 aromatic heterocycles. The molecule has 0 fully saturated rings. The van der Waals surface area contributed by atoms with Crippen LogP contribution in [0.15, 0.2) is 46.6 Å². The van der Waals surface area contributed by atoms with Gasteiger partial charge in [-0.15, -0.1) is 0 Å². The Morgan fingerprint density at radius 1 is 0.720 bits per heavy atom. The van der Waals surface area contributed by atoms with Crippen LogP contribution < -0.4 is 18.9 Å². The van der Waals surface area contributed by atoms with E-state index in [-0.39, 0.29) is 0 Å². The van der Waals surface area contributed by atoms with E-state index in [1.165, 1.54) is 18.1 Å². The highest BCUT2D eigenvalue weighted by atomic mass is 32.2. The summed E-state index contributed by atoms with van der Waals surface area (Å²) in [6, 6.07) is 9.47. The summed E-state index contributed by atoms with van der Waals surface area (Å²) in [7, 11) is 6.44. The van der Waals surface area contributed by atoms with Crippen molar-refractivity contribution >= 4 is 22.7 Å². The van der Waals surface area contributed by atoms with Gasteiger partial charge in [0.05, 0.1) is 34.0 Å². The van der Waals surface area contributed by atoms with Crippen LogP contribution in [-0.4, -0.2) is 38.4 Å². The Labute approximate surface area is 150 Å². The van der Waals surface area contributed by atoms with Crippen molar-refractivity contribution in [1.82, 2.24) is 9.97 Å². The summed E-state index contributed by atoms with van der Waals surface area (Å²) in [6.07, 6.45) is 1.54. The third-order valence-corrected chi connectivity index (χ3v) is 4.68. The molecule has 7 heteroatoms. The molecule has 6 nitrogen and oxygen atoms in total. The minimum absolute atomic E-state index is 0.635. The van der Waals surface area contributed by atoms with Crippen LogP contribution in [0.25, 0.3) is 10.9 Å². The molecule has 0 saturated carbocycles. The van der Waals surface area contributed by atoms with Gasteiger partial charge in [-0.3, -0.25) is 0 Å². The lowest BCUT2D eigenvalue weighted by molar-refractivity contribution is 0.354. The highest BCUT2D eigenvalue weighted by Gasteiger charge is 2.13. The Morgan fingerprint density at radius 2 is 1.36 bits per heavy atom. The maximum atomic E-state index is 5.39. The van der Waals surface area contributed by atoms with Gasteiger partial charge in [0, 0.05) is 16.3 Å². The van der Waals surface area contributed by atoms with Crippen molar-refractivity contribution < 1.29 is 18.9 Å². The van der Waals surface area contributed by atoms with Crippen molar-refractivity contribution in [2.24, 2.45) is 0 Å². The molecule has 0 aliphatic carbocycles. The van der Waals surface area contributed by atoms with Crippen molar-refractivity contribution in [3.05, 3.63) is 36.7 Å². The lowest BCUT2D eigenvalue weighted by Crippen LogP contribution is -1.94. The molecular formula is C18H18N2O4S. The van der Waals surface area contributed by atoms with E-state index < -0.39 is 0 Å². The van der Waals surface area contributed by atoms with Gasteiger partial charge in [0.15, 0.2) is 23.0 Å². The molecule has 0 spiro atoms. The number of aromatic nitrogens is 2. The van der Waals surface area contributed by atoms with Gasteiger partial charge in [0.2, 0.25) is 0 Å². The zero-order chi connectivity index (χ0) is 17.8. The second kappa shape index (κ2) is 7.48. The first-order valence-electron chi connectivity index (χ1n) is 7.46. The fourth-order valence-electron chi connectivity index (χ4n) is 2.43. The number of benzene rings is 2. The van der Waals surface area contributed by atoms with Crippen LogP contribution in [-0.2, 0) is 0 Å². The third kappa shape index (κ3) is 3.41. The second-order valence-corrected chi connectivity index (χ2v) is 6.08. The fourth-order valence-corrected chi connectivity index (χ4v) is 3.33. The molecule has 3 aromatic rings. The highest BCUT2D eigenvalue weighted by Crippen LogP contribution is 2.39. The Bertz CT molecular complexity index is 902. The van der Waals surface area contributed by atoms with Gasteiger partial charge in [0.25, 0.3) is 0 Å². The van der Waals surface area contributed by atoms with Gasteiger partial charge >= 0.3 is 0 Å². The molecule has 130 valence electrons. The Morgan fingerprint density at radius 3 is 2.04 bits per heavy atom. The summed E-state index contributed by atoms with van der Waals surface area (Å²) in [5.41, 5.74) is 0.788. The normalized spacial score (nSPS) is 10.6. The van der Waals surface area contributed by atoms with Gasteiger partial charge in [0.1, 0.15) is 11.4 Å². The highest BCUT2D eigenvalue weighted by molar-refractivity contribution is 7.99. The smallest absolute Gasteiger partial charge is 0.162 e. The molecule has 0 bridgehead atoms. The SMILES string of the molecule is COc1ccc(Sc2ncnc3cc(OC)c(OC)cc23)cc1OC. The lowest BCUT2D eigenvalue weighted by Gasteiger charge is -2.12. The van der Waals surface area contributed by atoms with Gasteiger partial charge in [-0.2, -0.15) is 0 Å². The van der Waals surface area contributed by atoms with Crippen LogP contribution in [0.5, 0.6) is 23.0 Å². The van der Waals surface area contributed by atoms with E-state index in [9.17, 15) is 0 Å². The van der Waals surface area contributed by atoms with Crippen molar-refractivity contribution in [3.63, 3.8) is 0 Å². The van der Waals surface area contributed by atoms with E-state index >= 15 is 0 Å². The fraction of sp³-hybridized carbons (Fsp3) is 0.222. The standard InChI is InChI=1S/C18H18N2O4S/c1-21-14-6-5-11(7-15(14)22-2)25-18-12-8-16(23-3)17(24-4)9-13(12)19-10-20-18/h5-10H,1-4H3. The van der Waals surface area contributed by atoms with Crippen LogP contribution in [0, 0.1) is 0 Å². The quantitative estimate of drug-likeness (QED) is 0.621. The molecular weight excluding hydrogens is 340 g/mol. The molecule has 0 saturated heterocycles. The first-order valence-corrected chi connectivity index (χ1v) is 8.28. The van der Waals surface area contributed by atoms with Crippen LogP contribution >= 0.6 is 11.8 Å². The zero-order valence-corrected chi connectivity index (χ0v) is 15.2. The second-order valence-electron chi connectivity index (χ2n) is 5.02. The van der Waals surface area contributed by atoms with Crippen LogP contribution in [0.3, 0.4) is 0 Å². The number of ether oxygens (including phenoxy) is 4. The summed E-state index contributed by atoms with van der Waals surface area (Å²) >= 11 is 1.52. The van der Waals surface area contributed by atoms with Crippen LogP contribution in [0.2, 0.25) is 0 Å². The van der Waals surface area contributed by atoms with Crippen LogP contribution in [0.4, 0.5) is 0 Å². The van der Waals surface area contributed by atoms with Crippen molar-refractivity contribution in [1.29, 1.82) is 0 Å². The minimum Gasteiger partial charge on any atom is -0.493 e. The van der Waals surface area contributed by atoms with E-state index in [2.05, 4.69) is 9.97 Å². The number of methoxy groups -OCH3 is 4. The molecule has 25 heavy (non-hydrogen) atoms. The van der Waals surface area contributed by atoms with E-state index in [1.54, 1.807) is 28.4 Å². The molecule has 0 amide bonds. The number of nitrogens with zero attached hydrogens (tertiary/aromatic N) is 2. The molecule has 1 heterocycles. The summed E-state index contributed by atoms with van der Waals surface area (Å²) in [4.78, 5) is 9.72. The summed E-state index contributed by atoms with van der Waals surface area (Å²) in [5.74, 6) is 2.63. The monoisotopic (exact) mass is 358 g/mol. The summed E-state index contributed by atoms with van der Waals surface area (Å²) in [5, 5.41) is 1.71. The lowest BCUT2D eigenvalue weighted by atomic mass is 10.2. The van der Waals surface area contributed by atoms with Gasteiger partial charge in [-0.25, -0.2) is 9.97 Å². The maximum absolute atomic E-state index is 5.39. The Kier molecular flexibility index (Phi) is 5.14. The zero-order valence-electron chi connectivity index (χ0n) is 14.4. The van der Waals surface area contributed by atoms with Gasteiger partial charge in [-0.1, -0.05) is 11.8 Å². The average molecular weight is 358 g/mol. The number of hydrogen-bond acceptors (Lipinski definition) is 7. The molecule has 0 aliphatic rings. The summed E-state index contributed by atoms with van der Waals surface area (Å²) in [6.45, 7) is 0. The van der Waals surface area contributed by atoms with E-state index in [0.717, 1.165) is 20.8 Å². The summed E-state index contributed by atoms with van der Waals surface area (Å²) < 4.78 is 21.4. The average Bonchev–Trinajstić information content (AvgIpc) is 2.66. The van der Waals surface area contributed by atoms with Gasteiger partial charge in [-0.05, 0) is 24.3 Å². The Hall–Kier alpha value is -2.67. The molecule has 0 aliphatic heterocycles. The van der Waals surface area contributed by atoms with Crippen molar-refractivity contribution in [3.8, 4) is 23.0 Å². The molecule has 3 rings (SSSR count). The number of rotatable bonds is 6. The van der Waals surface area contributed by atoms with Crippen molar-refractivity contribution in [2.45, 2.75) is 9.92 Å². The predicted molar refractivity (Wildman–Crippen MR) is 96.3 cm³/mol. The topological polar surface area (TPSA) is 62.7 Å². The maximum Gasteiger partial charge on any atom is 0.162 e. The Balaban J connectivity index is 2.04. The van der Waals surface area contributed by atoms with Crippen LogP contribution in [0.1, 0.15) is 0 Å². The molecule has 0 unspecified atom stereocenters. The molecule has 0 atom stereocenters. The number of hydrogen-bond donors (Lipinski definition) is 0. The van der Waals surface area contributed by atoms with E-state index in [1.807, 2.05) is 30.3 Å². The molecule has 2 aromatic carbocycles. The van der Waals surface area contributed by atoms with E-state index in [0.29, 0.717) is 23.0 Å². The van der Waals surface area contributed by atoms with Gasteiger partial charge < -0.3 is 18.9 Å².